The van der Waals surface area contributed by atoms with Crippen molar-refractivity contribution < 1.29 is 4.79 Å². The van der Waals surface area contributed by atoms with Gasteiger partial charge in [0.1, 0.15) is 11.2 Å². The van der Waals surface area contributed by atoms with E-state index in [0.29, 0.717) is 28.6 Å². The van der Waals surface area contributed by atoms with E-state index in [1.54, 1.807) is 18.6 Å². The number of carbonyl (C=O) groups excluding carboxylic acids is 1. The van der Waals surface area contributed by atoms with Gasteiger partial charge in [0.15, 0.2) is 0 Å². The molecule has 0 radical (unpaired) electrons. The van der Waals surface area contributed by atoms with Gasteiger partial charge in [-0.05, 0) is 54.7 Å². The van der Waals surface area contributed by atoms with Crippen molar-refractivity contribution in [3.63, 3.8) is 0 Å². The smallest absolute Gasteiger partial charge is 0.255 e. The van der Waals surface area contributed by atoms with E-state index in [2.05, 4.69) is 44.2 Å². The van der Waals surface area contributed by atoms with Gasteiger partial charge in [-0.3, -0.25) is 9.78 Å². The minimum absolute atomic E-state index is 0.204. The van der Waals surface area contributed by atoms with E-state index in [9.17, 15) is 4.79 Å². The lowest BCUT2D eigenvalue weighted by atomic mass is 10.2. The average Bonchev–Trinajstić information content (AvgIpc) is 3.40. The van der Waals surface area contributed by atoms with E-state index in [-0.39, 0.29) is 12.5 Å². The molecule has 7 rings (SSSR count). The number of amides is 1. The summed E-state index contributed by atoms with van der Waals surface area (Å²) in [6.07, 6.45) is 13.9. The molecule has 0 aliphatic heterocycles. The highest BCUT2D eigenvalue weighted by Gasteiger charge is 2.24. The summed E-state index contributed by atoms with van der Waals surface area (Å²) < 4.78 is 6.01. The number of fused-ring (bicyclic) bond motifs is 3. The number of nitrogens with one attached hydrogen (secondary N) is 1. The molecule has 1 aliphatic rings. The van der Waals surface area contributed by atoms with Crippen LogP contribution >= 0.6 is 11.6 Å². The third kappa shape index (κ3) is 3.70. The summed E-state index contributed by atoms with van der Waals surface area (Å²) in [5, 5.41) is 3.62. The number of rotatable bonds is 6. The molecule has 178 valence electrons. The number of aromatic nitrogens is 6. The molecule has 9 heteroatoms. The molecule has 6 aromatic heterocycles. The highest BCUT2D eigenvalue weighted by molar-refractivity contribution is 6.30. The average molecular weight is 496 g/mol. The molecule has 6 aromatic rings. The lowest BCUT2D eigenvalue weighted by Crippen LogP contribution is -2.23. The number of imidazole rings is 2. The van der Waals surface area contributed by atoms with Crippen LogP contribution in [0.2, 0.25) is 5.02 Å². The molecule has 1 fully saturated rings. The van der Waals surface area contributed by atoms with Gasteiger partial charge in [-0.15, -0.1) is 0 Å². The van der Waals surface area contributed by atoms with Crippen LogP contribution in [-0.2, 0) is 13.1 Å². The summed E-state index contributed by atoms with van der Waals surface area (Å²) >= 11 is 6.14. The first-order valence-electron chi connectivity index (χ1n) is 11.9. The molecular weight excluding hydrogens is 474 g/mol. The molecule has 0 aromatic carbocycles. The first-order chi connectivity index (χ1) is 17.6. The zero-order valence-electron chi connectivity index (χ0n) is 19.3. The summed E-state index contributed by atoms with van der Waals surface area (Å²) in [6.45, 7) is 0.824. The summed E-state index contributed by atoms with van der Waals surface area (Å²) in [4.78, 5) is 27.0. The van der Waals surface area contributed by atoms with Crippen molar-refractivity contribution in [2.45, 2.75) is 31.8 Å². The van der Waals surface area contributed by atoms with E-state index < -0.39 is 0 Å². The second-order valence-corrected chi connectivity index (χ2v) is 9.72. The summed E-state index contributed by atoms with van der Waals surface area (Å²) in [6, 6.07) is 11.8. The SMILES string of the molecule is O=C(NCc1ncn2ccc(Cl)cc12)c1cn(Cc2cn3cc(C4CC4)ccc3n2)c2cccnc12. The fourth-order valence-electron chi connectivity index (χ4n) is 4.80. The van der Waals surface area contributed by atoms with Gasteiger partial charge in [-0.2, -0.15) is 0 Å². The molecule has 6 heterocycles. The Morgan fingerprint density at radius 1 is 1.06 bits per heavy atom. The Kier molecular flexibility index (Phi) is 4.82. The highest BCUT2D eigenvalue weighted by atomic mass is 35.5. The minimum atomic E-state index is -0.204. The van der Waals surface area contributed by atoms with Crippen molar-refractivity contribution in [1.82, 2.24) is 33.6 Å². The van der Waals surface area contributed by atoms with Crippen LogP contribution in [0.1, 0.15) is 46.1 Å². The zero-order chi connectivity index (χ0) is 24.2. The van der Waals surface area contributed by atoms with E-state index in [4.69, 9.17) is 16.6 Å². The number of carbonyl (C=O) groups is 1. The third-order valence-corrected chi connectivity index (χ3v) is 7.02. The van der Waals surface area contributed by atoms with Gasteiger partial charge in [0.05, 0.1) is 47.4 Å². The summed E-state index contributed by atoms with van der Waals surface area (Å²) in [7, 11) is 0. The highest BCUT2D eigenvalue weighted by Crippen LogP contribution is 2.39. The van der Waals surface area contributed by atoms with Crippen LogP contribution < -0.4 is 5.32 Å². The second-order valence-electron chi connectivity index (χ2n) is 9.29. The summed E-state index contributed by atoms with van der Waals surface area (Å²) in [5.41, 5.74) is 6.90. The van der Waals surface area contributed by atoms with Crippen molar-refractivity contribution in [1.29, 1.82) is 0 Å². The van der Waals surface area contributed by atoms with Crippen molar-refractivity contribution >= 4 is 39.7 Å². The molecule has 0 unspecified atom stereocenters. The predicted octanol–water partition coefficient (Wildman–Crippen LogP) is 4.84. The third-order valence-electron chi connectivity index (χ3n) is 6.78. The van der Waals surface area contributed by atoms with Crippen LogP contribution in [0, 0.1) is 0 Å². The van der Waals surface area contributed by atoms with Crippen LogP contribution in [0.3, 0.4) is 0 Å². The minimum Gasteiger partial charge on any atom is -0.346 e. The normalized spacial score (nSPS) is 13.7. The van der Waals surface area contributed by atoms with Gasteiger partial charge >= 0.3 is 0 Å². The van der Waals surface area contributed by atoms with Crippen LogP contribution in [0.5, 0.6) is 0 Å². The van der Waals surface area contributed by atoms with Gasteiger partial charge in [0.25, 0.3) is 5.91 Å². The zero-order valence-corrected chi connectivity index (χ0v) is 20.1. The van der Waals surface area contributed by atoms with Crippen molar-refractivity contribution in [2.24, 2.45) is 0 Å². The molecular formula is C27H22ClN7O. The number of halogens is 1. The first kappa shape index (κ1) is 21.1. The number of nitrogens with zero attached hydrogens (tertiary/aromatic N) is 6. The standard InChI is InChI=1S/C27H22ClN7O/c28-19-7-9-33-16-31-22(24(33)10-19)11-30-27(36)21-15-34(23-2-1-8-29-26(21)23)13-20-14-35-12-18(17-3-4-17)5-6-25(35)32-20/h1-2,5-10,12,14-17H,3-4,11,13H2,(H,30,36). The Labute approximate surface area is 211 Å². The maximum absolute atomic E-state index is 13.2. The number of pyridine rings is 3. The van der Waals surface area contributed by atoms with Crippen LogP contribution in [-0.4, -0.2) is 34.2 Å². The Morgan fingerprint density at radius 2 is 1.97 bits per heavy atom. The molecule has 1 N–H and O–H groups in total. The van der Waals surface area contributed by atoms with Crippen LogP contribution in [0.25, 0.3) is 22.2 Å². The van der Waals surface area contributed by atoms with E-state index >= 15 is 0 Å². The number of hydrogen-bond acceptors (Lipinski definition) is 4. The maximum atomic E-state index is 13.2. The van der Waals surface area contributed by atoms with Gasteiger partial charge in [-0.25, -0.2) is 9.97 Å². The molecule has 0 bridgehead atoms. The molecule has 0 atom stereocenters. The van der Waals surface area contributed by atoms with Crippen LogP contribution in [0.4, 0.5) is 0 Å². The maximum Gasteiger partial charge on any atom is 0.255 e. The monoisotopic (exact) mass is 495 g/mol. The fourth-order valence-corrected chi connectivity index (χ4v) is 4.96. The molecule has 0 saturated heterocycles. The van der Waals surface area contributed by atoms with E-state index in [0.717, 1.165) is 28.1 Å². The van der Waals surface area contributed by atoms with Crippen molar-refractivity contribution in [3.8, 4) is 0 Å². The van der Waals surface area contributed by atoms with Gasteiger partial charge < -0.3 is 18.7 Å². The molecule has 8 nitrogen and oxygen atoms in total. The Morgan fingerprint density at radius 3 is 2.86 bits per heavy atom. The van der Waals surface area contributed by atoms with Gasteiger partial charge in [0.2, 0.25) is 0 Å². The van der Waals surface area contributed by atoms with E-state index in [1.807, 2.05) is 39.6 Å². The summed E-state index contributed by atoms with van der Waals surface area (Å²) in [5.74, 6) is 0.489. The second kappa shape index (κ2) is 8.20. The topological polar surface area (TPSA) is 81.5 Å². The molecule has 1 aliphatic carbocycles. The fraction of sp³-hybridized carbons (Fsp3) is 0.185. The molecule has 36 heavy (non-hydrogen) atoms. The largest absolute Gasteiger partial charge is 0.346 e. The lowest BCUT2D eigenvalue weighted by Gasteiger charge is -2.03. The molecule has 1 amide bonds. The van der Waals surface area contributed by atoms with Crippen molar-refractivity contribution in [3.05, 3.63) is 101 Å². The first-order valence-corrected chi connectivity index (χ1v) is 12.3. The van der Waals surface area contributed by atoms with Gasteiger partial charge in [-0.1, -0.05) is 17.7 Å². The molecule has 0 spiro atoms. The Bertz CT molecular complexity index is 1780. The van der Waals surface area contributed by atoms with Crippen LogP contribution in [0.15, 0.2) is 73.7 Å². The Hall–Kier alpha value is -4.17. The molecule has 1 saturated carbocycles. The van der Waals surface area contributed by atoms with Crippen molar-refractivity contribution in [2.75, 3.05) is 0 Å². The Balaban J connectivity index is 1.16. The predicted molar refractivity (Wildman–Crippen MR) is 137 cm³/mol. The van der Waals surface area contributed by atoms with Gasteiger partial charge in [0, 0.05) is 36.0 Å². The lowest BCUT2D eigenvalue weighted by molar-refractivity contribution is 0.0952. The quantitative estimate of drug-likeness (QED) is 0.358. The number of hydrogen-bond donors (Lipinski definition) is 1. The van der Waals surface area contributed by atoms with E-state index in [1.165, 1.54) is 18.4 Å².